The summed E-state index contributed by atoms with van der Waals surface area (Å²) in [5.74, 6) is 0.899. The summed E-state index contributed by atoms with van der Waals surface area (Å²) in [6.45, 7) is 1.28. The topological polar surface area (TPSA) is 47.3 Å². The monoisotopic (exact) mass is 236 g/mol. The van der Waals surface area contributed by atoms with Crippen molar-refractivity contribution in [2.75, 3.05) is 0 Å². The molecule has 0 bridgehead atoms. The molecular weight excluding hydrogens is 224 g/mol. The van der Waals surface area contributed by atoms with Gasteiger partial charge in [-0.1, -0.05) is 0 Å². The van der Waals surface area contributed by atoms with E-state index in [0.717, 1.165) is 12.4 Å². The van der Waals surface area contributed by atoms with Crippen molar-refractivity contribution in [3.8, 4) is 0 Å². The van der Waals surface area contributed by atoms with Crippen LogP contribution >= 0.6 is 11.3 Å². The first-order valence-electron chi connectivity index (χ1n) is 5.16. The second-order valence-electron chi connectivity index (χ2n) is 3.82. The van der Waals surface area contributed by atoms with Gasteiger partial charge >= 0.3 is 0 Å². The molecule has 0 radical (unpaired) electrons. The number of rotatable bonds is 2. The van der Waals surface area contributed by atoms with Crippen molar-refractivity contribution in [1.29, 1.82) is 0 Å². The van der Waals surface area contributed by atoms with Gasteiger partial charge in [0.05, 0.1) is 18.8 Å². The van der Waals surface area contributed by atoms with Gasteiger partial charge in [-0.15, -0.1) is 0 Å². The average Bonchev–Trinajstić information content (AvgIpc) is 2.96. The van der Waals surface area contributed by atoms with Crippen LogP contribution in [0.4, 0.5) is 0 Å². The van der Waals surface area contributed by atoms with Gasteiger partial charge in [-0.2, -0.15) is 11.3 Å². The highest BCUT2D eigenvalue weighted by atomic mass is 32.1. The first kappa shape index (κ1) is 10.0. The van der Waals surface area contributed by atoms with E-state index < -0.39 is 0 Å². The van der Waals surface area contributed by atoms with Crippen LogP contribution in [-0.4, -0.2) is 14.7 Å². The maximum atomic E-state index is 9.02. The molecule has 84 valence electrons. The number of thiophene rings is 1. The van der Waals surface area contributed by atoms with E-state index in [9.17, 15) is 0 Å². The summed E-state index contributed by atoms with van der Waals surface area (Å²) in [6, 6.07) is 2.09. The van der Waals surface area contributed by atoms with Crippen molar-refractivity contribution in [2.24, 2.45) is 0 Å². The molecule has 1 N–H and O–H groups in total. The van der Waals surface area contributed by atoms with Crippen LogP contribution in [0.15, 0.2) is 23.0 Å². The smallest absolute Gasteiger partial charge is 0.135 e. The molecular formula is C11H12N2O2S. The average molecular weight is 236 g/mol. The third kappa shape index (κ3) is 1.67. The molecule has 1 atom stereocenters. The predicted molar refractivity (Wildman–Crippen MR) is 60.0 cm³/mol. The minimum Gasteiger partial charge on any atom is -0.390 e. The van der Waals surface area contributed by atoms with Crippen LogP contribution in [0, 0.1) is 0 Å². The molecule has 0 aromatic carbocycles. The molecule has 0 aliphatic carbocycles. The lowest BCUT2D eigenvalue weighted by atomic mass is 10.2. The van der Waals surface area contributed by atoms with Crippen molar-refractivity contribution in [2.45, 2.75) is 25.9 Å². The van der Waals surface area contributed by atoms with E-state index >= 15 is 0 Å². The number of hydrogen-bond acceptors (Lipinski definition) is 4. The number of nitrogens with zero attached hydrogens (tertiary/aromatic N) is 2. The fourth-order valence-electron chi connectivity index (χ4n) is 1.93. The van der Waals surface area contributed by atoms with Crippen LogP contribution < -0.4 is 0 Å². The van der Waals surface area contributed by atoms with E-state index in [0.29, 0.717) is 12.3 Å². The van der Waals surface area contributed by atoms with Gasteiger partial charge in [0.1, 0.15) is 18.5 Å². The number of imidazole rings is 1. The van der Waals surface area contributed by atoms with Crippen molar-refractivity contribution in [3.05, 3.63) is 40.1 Å². The number of ether oxygens (including phenoxy) is 1. The molecule has 1 unspecified atom stereocenters. The maximum absolute atomic E-state index is 9.02. The van der Waals surface area contributed by atoms with Gasteiger partial charge in [0.15, 0.2) is 0 Å². The van der Waals surface area contributed by atoms with E-state index in [2.05, 4.69) is 26.4 Å². The standard InChI is InChI=1S/C11H12N2O2S/c14-5-9-3-13-4-10(8-1-2-16-7-8)15-6-11(13)12-9/h1-3,7,10,14H,4-6H2. The number of aliphatic hydroxyl groups excluding tert-OH is 1. The minimum atomic E-state index is -0.0108. The Morgan fingerprint density at radius 2 is 2.56 bits per heavy atom. The van der Waals surface area contributed by atoms with Crippen LogP contribution in [0.1, 0.15) is 23.2 Å². The Labute approximate surface area is 97.1 Å². The summed E-state index contributed by atoms with van der Waals surface area (Å²) in [5.41, 5.74) is 1.93. The Kier molecular flexibility index (Phi) is 2.51. The number of fused-ring (bicyclic) bond motifs is 1. The van der Waals surface area contributed by atoms with Gasteiger partial charge in [0.25, 0.3) is 0 Å². The summed E-state index contributed by atoms with van der Waals surface area (Å²) in [4.78, 5) is 4.28. The normalized spacial score (nSPS) is 19.7. The Morgan fingerprint density at radius 1 is 1.62 bits per heavy atom. The molecule has 3 heterocycles. The van der Waals surface area contributed by atoms with Crippen LogP contribution in [0.3, 0.4) is 0 Å². The van der Waals surface area contributed by atoms with E-state index in [1.807, 2.05) is 6.20 Å². The van der Waals surface area contributed by atoms with Gasteiger partial charge < -0.3 is 14.4 Å². The molecule has 5 heteroatoms. The van der Waals surface area contributed by atoms with Gasteiger partial charge in [0, 0.05) is 6.20 Å². The van der Waals surface area contributed by atoms with E-state index in [1.165, 1.54) is 5.56 Å². The summed E-state index contributed by atoms with van der Waals surface area (Å²) < 4.78 is 7.82. The zero-order valence-corrected chi connectivity index (χ0v) is 9.48. The van der Waals surface area contributed by atoms with Crippen LogP contribution in [-0.2, 0) is 24.5 Å². The molecule has 0 saturated heterocycles. The van der Waals surface area contributed by atoms with E-state index in [-0.39, 0.29) is 12.7 Å². The van der Waals surface area contributed by atoms with Crippen molar-refractivity contribution >= 4 is 11.3 Å². The maximum Gasteiger partial charge on any atom is 0.135 e. The van der Waals surface area contributed by atoms with Gasteiger partial charge in [-0.05, 0) is 22.4 Å². The number of aromatic nitrogens is 2. The third-order valence-electron chi connectivity index (χ3n) is 2.76. The Bertz CT molecular complexity index is 478. The molecule has 0 saturated carbocycles. The Morgan fingerprint density at radius 3 is 3.31 bits per heavy atom. The Balaban J connectivity index is 1.85. The number of hydrogen-bond donors (Lipinski definition) is 1. The highest BCUT2D eigenvalue weighted by Crippen LogP contribution is 2.27. The first-order valence-corrected chi connectivity index (χ1v) is 6.10. The quantitative estimate of drug-likeness (QED) is 0.863. The van der Waals surface area contributed by atoms with Crippen molar-refractivity contribution in [3.63, 3.8) is 0 Å². The van der Waals surface area contributed by atoms with Crippen molar-refractivity contribution in [1.82, 2.24) is 9.55 Å². The second kappa shape index (κ2) is 4.01. The molecule has 3 rings (SSSR count). The molecule has 4 nitrogen and oxygen atoms in total. The lowest BCUT2D eigenvalue weighted by molar-refractivity contribution is 0.000729. The molecule has 2 aromatic heterocycles. The molecule has 1 aliphatic heterocycles. The molecule has 0 amide bonds. The largest absolute Gasteiger partial charge is 0.390 e. The number of aliphatic hydroxyl groups is 1. The highest BCUT2D eigenvalue weighted by Gasteiger charge is 2.22. The Hall–Kier alpha value is -1.17. The lowest BCUT2D eigenvalue weighted by Gasteiger charge is -2.23. The zero-order valence-electron chi connectivity index (χ0n) is 8.67. The molecule has 16 heavy (non-hydrogen) atoms. The lowest BCUT2D eigenvalue weighted by Crippen LogP contribution is -2.20. The summed E-state index contributed by atoms with van der Waals surface area (Å²) in [7, 11) is 0. The fourth-order valence-corrected chi connectivity index (χ4v) is 2.63. The first-order chi connectivity index (χ1) is 7.86. The summed E-state index contributed by atoms with van der Waals surface area (Å²) >= 11 is 1.68. The van der Waals surface area contributed by atoms with E-state index in [4.69, 9.17) is 9.84 Å². The zero-order chi connectivity index (χ0) is 11.0. The van der Waals surface area contributed by atoms with Crippen LogP contribution in [0.5, 0.6) is 0 Å². The molecule has 1 aliphatic rings. The molecule has 2 aromatic rings. The van der Waals surface area contributed by atoms with Gasteiger partial charge in [-0.25, -0.2) is 4.98 Å². The highest BCUT2D eigenvalue weighted by molar-refractivity contribution is 7.07. The second-order valence-corrected chi connectivity index (χ2v) is 4.60. The molecule has 0 fully saturated rings. The van der Waals surface area contributed by atoms with E-state index in [1.54, 1.807) is 11.3 Å². The van der Waals surface area contributed by atoms with Gasteiger partial charge in [-0.3, -0.25) is 0 Å². The van der Waals surface area contributed by atoms with Gasteiger partial charge in [0.2, 0.25) is 0 Å². The third-order valence-corrected chi connectivity index (χ3v) is 3.46. The minimum absolute atomic E-state index is 0.0108. The summed E-state index contributed by atoms with van der Waals surface area (Å²) in [6.07, 6.45) is 2.01. The fraction of sp³-hybridized carbons (Fsp3) is 0.364. The molecule has 0 spiro atoms. The summed E-state index contributed by atoms with van der Waals surface area (Å²) in [5, 5.41) is 13.2. The van der Waals surface area contributed by atoms with Crippen LogP contribution in [0.2, 0.25) is 0 Å². The SMILES string of the molecule is OCc1cn2c(n1)COC(c1ccsc1)C2. The van der Waals surface area contributed by atoms with Crippen LogP contribution in [0.25, 0.3) is 0 Å². The van der Waals surface area contributed by atoms with Crippen molar-refractivity contribution < 1.29 is 9.84 Å². The predicted octanol–water partition coefficient (Wildman–Crippen LogP) is 1.71.